The molecule has 1 amide bonds. The van der Waals surface area contributed by atoms with Crippen LogP contribution in [0.15, 0.2) is 33.6 Å². The number of halogens is 1. The number of carbonyl (C=O) groups is 2. The summed E-state index contributed by atoms with van der Waals surface area (Å²) in [6.07, 6.45) is 2.32. The fourth-order valence-electron chi connectivity index (χ4n) is 2.27. The Morgan fingerprint density at radius 3 is 2.90 bits per heavy atom. The molecule has 0 aromatic heterocycles. The van der Waals surface area contributed by atoms with Crippen molar-refractivity contribution >= 4 is 39.6 Å². The van der Waals surface area contributed by atoms with Crippen molar-refractivity contribution in [3.05, 3.63) is 28.7 Å². The van der Waals surface area contributed by atoms with Crippen LogP contribution < -0.4 is 0 Å². The molecule has 0 saturated carbocycles. The summed E-state index contributed by atoms with van der Waals surface area (Å²) in [5.74, 6) is -0.715. The van der Waals surface area contributed by atoms with Gasteiger partial charge in [0.15, 0.2) is 0 Å². The molecule has 108 valence electrons. The molecule has 0 aliphatic carbocycles. The van der Waals surface area contributed by atoms with E-state index in [-0.39, 0.29) is 11.7 Å². The highest BCUT2D eigenvalue weighted by Gasteiger charge is 2.31. The third kappa shape index (κ3) is 3.99. The number of aliphatic carboxylic acids is 1. The molecule has 20 heavy (non-hydrogen) atoms. The average Bonchev–Trinajstić information content (AvgIpc) is 2.45. The topological polar surface area (TPSA) is 57.6 Å². The van der Waals surface area contributed by atoms with Crippen molar-refractivity contribution in [2.24, 2.45) is 0 Å². The maximum absolute atomic E-state index is 12.2. The van der Waals surface area contributed by atoms with Gasteiger partial charge in [0.05, 0.1) is 5.75 Å². The monoisotopic (exact) mass is 357 g/mol. The SMILES string of the molecule is O=C(O)C1CCCCN1C(=O)CSc1cccc(Br)c1. The molecule has 1 aliphatic heterocycles. The van der Waals surface area contributed by atoms with Crippen molar-refractivity contribution in [1.82, 2.24) is 4.90 Å². The van der Waals surface area contributed by atoms with Gasteiger partial charge in [0.1, 0.15) is 6.04 Å². The quantitative estimate of drug-likeness (QED) is 0.841. The summed E-state index contributed by atoms with van der Waals surface area (Å²) >= 11 is 4.82. The molecule has 1 N–H and O–H groups in total. The van der Waals surface area contributed by atoms with E-state index in [1.54, 1.807) is 0 Å². The van der Waals surface area contributed by atoms with Gasteiger partial charge in [-0.15, -0.1) is 11.8 Å². The lowest BCUT2D eigenvalue weighted by Gasteiger charge is -2.32. The van der Waals surface area contributed by atoms with Crippen LogP contribution >= 0.6 is 27.7 Å². The van der Waals surface area contributed by atoms with E-state index in [1.807, 2.05) is 24.3 Å². The predicted molar refractivity (Wildman–Crippen MR) is 81.9 cm³/mol. The second kappa shape index (κ2) is 7.13. The van der Waals surface area contributed by atoms with Gasteiger partial charge >= 0.3 is 5.97 Å². The zero-order valence-electron chi connectivity index (χ0n) is 10.9. The van der Waals surface area contributed by atoms with E-state index in [9.17, 15) is 14.7 Å². The van der Waals surface area contributed by atoms with Gasteiger partial charge in [0, 0.05) is 15.9 Å². The predicted octanol–water partition coefficient (Wildman–Crippen LogP) is 3.01. The Bertz CT molecular complexity index is 509. The van der Waals surface area contributed by atoms with E-state index in [4.69, 9.17) is 0 Å². The van der Waals surface area contributed by atoms with Crippen LogP contribution in [-0.4, -0.2) is 40.2 Å². The molecule has 1 saturated heterocycles. The van der Waals surface area contributed by atoms with E-state index in [2.05, 4.69) is 15.9 Å². The summed E-state index contributed by atoms with van der Waals surface area (Å²) < 4.78 is 0.969. The van der Waals surface area contributed by atoms with Gasteiger partial charge in [-0.25, -0.2) is 4.79 Å². The third-order valence-corrected chi connectivity index (χ3v) is 4.74. The van der Waals surface area contributed by atoms with Crippen LogP contribution in [0, 0.1) is 0 Å². The van der Waals surface area contributed by atoms with E-state index in [0.717, 1.165) is 22.2 Å². The zero-order chi connectivity index (χ0) is 14.5. The van der Waals surface area contributed by atoms with Crippen molar-refractivity contribution in [1.29, 1.82) is 0 Å². The Morgan fingerprint density at radius 1 is 1.40 bits per heavy atom. The molecule has 1 unspecified atom stereocenters. The van der Waals surface area contributed by atoms with E-state index >= 15 is 0 Å². The van der Waals surface area contributed by atoms with Gasteiger partial charge in [-0.3, -0.25) is 4.79 Å². The van der Waals surface area contributed by atoms with E-state index in [1.165, 1.54) is 16.7 Å². The molecule has 1 aliphatic rings. The van der Waals surface area contributed by atoms with Crippen molar-refractivity contribution in [3.8, 4) is 0 Å². The molecule has 1 aromatic rings. The van der Waals surface area contributed by atoms with E-state index < -0.39 is 12.0 Å². The largest absolute Gasteiger partial charge is 0.480 e. The number of rotatable bonds is 4. The highest BCUT2D eigenvalue weighted by Crippen LogP contribution is 2.24. The first kappa shape index (κ1) is 15.4. The normalized spacial score (nSPS) is 18.9. The Kier molecular flexibility index (Phi) is 5.48. The smallest absolute Gasteiger partial charge is 0.326 e. The van der Waals surface area contributed by atoms with Crippen LogP contribution in [0.4, 0.5) is 0 Å². The second-order valence-corrected chi connectivity index (χ2v) is 6.65. The van der Waals surface area contributed by atoms with Crippen LogP contribution in [0.3, 0.4) is 0 Å². The minimum absolute atomic E-state index is 0.0953. The second-order valence-electron chi connectivity index (χ2n) is 4.68. The van der Waals surface area contributed by atoms with Crippen LogP contribution in [-0.2, 0) is 9.59 Å². The Balaban J connectivity index is 1.95. The van der Waals surface area contributed by atoms with Crippen molar-refractivity contribution in [2.75, 3.05) is 12.3 Å². The number of nitrogens with zero attached hydrogens (tertiary/aromatic N) is 1. The molecule has 0 spiro atoms. The van der Waals surface area contributed by atoms with Gasteiger partial charge in [-0.2, -0.15) is 0 Å². The molecule has 1 atom stereocenters. The fraction of sp³-hybridized carbons (Fsp3) is 0.429. The summed E-state index contributed by atoms with van der Waals surface area (Å²) in [5.41, 5.74) is 0. The van der Waals surface area contributed by atoms with Crippen LogP contribution in [0.2, 0.25) is 0 Å². The minimum Gasteiger partial charge on any atom is -0.480 e. The standard InChI is InChI=1S/C14H16BrNO3S/c15-10-4-3-5-11(8-10)20-9-13(17)16-7-2-1-6-12(16)14(18)19/h3-5,8,12H,1-2,6-7,9H2,(H,18,19). The van der Waals surface area contributed by atoms with Gasteiger partial charge in [0.2, 0.25) is 5.91 Å². The van der Waals surface area contributed by atoms with E-state index in [0.29, 0.717) is 13.0 Å². The first-order valence-corrected chi connectivity index (χ1v) is 8.26. The van der Waals surface area contributed by atoms with Crippen molar-refractivity contribution in [3.63, 3.8) is 0 Å². The number of amides is 1. The van der Waals surface area contributed by atoms with Crippen molar-refractivity contribution in [2.45, 2.75) is 30.2 Å². The number of carbonyl (C=O) groups excluding carboxylic acids is 1. The average molecular weight is 358 g/mol. The first-order chi connectivity index (χ1) is 9.58. The lowest BCUT2D eigenvalue weighted by Crippen LogP contribution is -2.48. The number of thioether (sulfide) groups is 1. The molecule has 6 heteroatoms. The fourth-order valence-corrected chi connectivity index (χ4v) is 3.66. The van der Waals surface area contributed by atoms with Crippen LogP contribution in [0.25, 0.3) is 0 Å². The van der Waals surface area contributed by atoms with Crippen molar-refractivity contribution < 1.29 is 14.7 Å². The van der Waals surface area contributed by atoms with Gasteiger partial charge < -0.3 is 10.0 Å². The molecule has 1 fully saturated rings. The number of benzene rings is 1. The molecule has 0 radical (unpaired) electrons. The maximum atomic E-state index is 12.2. The number of hydrogen-bond donors (Lipinski definition) is 1. The summed E-state index contributed by atoms with van der Waals surface area (Å²) in [7, 11) is 0. The third-order valence-electron chi connectivity index (χ3n) is 3.27. The van der Waals surface area contributed by atoms with Crippen LogP contribution in [0.1, 0.15) is 19.3 Å². The number of carboxylic acid groups (broad SMARTS) is 1. The number of piperidine rings is 1. The molecule has 1 heterocycles. The number of carboxylic acids is 1. The molecular formula is C14H16BrNO3S. The van der Waals surface area contributed by atoms with Gasteiger partial charge in [0.25, 0.3) is 0 Å². The summed E-state index contributed by atoms with van der Waals surface area (Å²) in [5, 5.41) is 9.17. The van der Waals surface area contributed by atoms with Crippen LogP contribution in [0.5, 0.6) is 0 Å². The molecule has 0 bridgehead atoms. The van der Waals surface area contributed by atoms with Gasteiger partial charge in [-0.1, -0.05) is 22.0 Å². The summed E-state index contributed by atoms with van der Waals surface area (Å²) in [6, 6.07) is 7.07. The number of hydrogen-bond acceptors (Lipinski definition) is 3. The molecule has 1 aromatic carbocycles. The Hall–Kier alpha value is -1.01. The molecule has 4 nitrogen and oxygen atoms in total. The molecular weight excluding hydrogens is 342 g/mol. The molecule has 2 rings (SSSR count). The lowest BCUT2D eigenvalue weighted by atomic mass is 10.0. The highest BCUT2D eigenvalue weighted by atomic mass is 79.9. The van der Waals surface area contributed by atoms with Gasteiger partial charge in [-0.05, 0) is 37.5 Å². The highest BCUT2D eigenvalue weighted by molar-refractivity contribution is 9.10. The summed E-state index contributed by atoms with van der Waals surface area (Å²) in [6.45, 7) is 0.550. The lowest BCUT2D eigenvalue weighted by molar-refractivity contribution is -0.150. The summed E-state index contributed by atoms with van der Waals surface area (Å²) in [4.78, 5) is 25.9. The minimum atomic E-state index is -0.898. The zero-order valence-corrected chi connectivity index (χ0v) is 13.3. The number of likely N-dealkylation sites (tertiary alicyclic amines) is 1. The first-order valence-electron chi connectivity index (χ1n) is 6.48. The maximum Gasteiger partial charge on any atom is 0.326 e. The Labute approximate surface area is 130 Å². The Morgan fingerprint density at radius 2 is 2.20 bits per heavy atom.